The lowest BCUT2D eigenvalue weighted by molar-refractivity contribution is 0.0955. The summed E-state index contributed by atoms with van der Waals surface area (Å²) in [5, 5.41) is 12.3. The van der Waals surface area contributed by atoms with Gasteiger partial charge in [-0.25, -0.2) is 0 Å². The fraction of sp³-hybridized carbons (Fsp3) is 0.222. The zero-order valence-corrected chi connectivity index (χ0v) is 13.8. The van der Waals surface area contributed by atoms with Crippen LogP contribution in [0.1, 0.15) is 53.0 Å². The highest BCUT2D eigenvalue weighted by Crippen LogP contribution is 2.38. The summed E-state index contributed by atoms with van der Waals surface area (Å²) in [5.74, 6) is 0.380. The van der Waals surface area contributed by atoms with Crippen molar-refractivity contribution in [3.63, 3.8) is 0 Å². The summed E-state index contributed by atoms with van der Waals surface area (Å²) in [6, 6.07) is 12.4. The van der Waals surface area contributed by atoms with Crippen LogP contribution in [-0.4, -0.2) is 16.1 Å². The third-order valence-corrected chi connectivity index (χ3v) is 5.17. The molecule has 2 aromatic heterocycles. The fourth-order valence-electron chi connectivity index (χ4n) is 3.01. The molecule has 0 unspecified atom stereocenters. The Morgan fingerprint density at radius 1 is 1.17 bits per heavy atom. The molecule has 1 aromatic carbocycles. The summed E-state index contributed by atoms with van der Waals surface area (Å²) in [4.78, 5) is 13.3. The van der Waals surface area contributed by atoms with Crippen molar-refractivity contribution in [2.75, 3.05) is 0 Å². The van der Waals surface area contributed by atoms with Crippen LogP contribution in [0, 0.1) is 0 Å². The predicted molar refractivity (Wildman–Crippen MR) is 91.7 cm³/mol. The summed E-state index contributed by atoms with van der Waals surface area (Å²) in [6.45, 7) is 4.35. The van der Waals surface area contributed by atoms with Crippen LogP contribution in [0.25, 0.3) is 10.6 Å². The molecule has 0 bridgehead atoms. The minimum absolute atomic E-state index is 0.114. The SMILES string of the molecule is CC(C)c1ccc([C@@H]2NC(=O)c3n[nH]c(-c4cccs4)c32)cc1. The maximum Gasteiger partial charge on any atom is 0.272 e. The van der Waals surface area contributed by atoms with Crippen LogP contribution in [0.4, 0.5) is 0 Å². The van der Waals surface area contributed by atoms with Crippen LogP contribution in [0.3, 0.4) is 0 Å². The number of hydrogen-bond acceptors (Lipinski definition) is 3. The van der Waals surface area contributed by atoms with E-state index in [1.54, 1.807) is 11.3 Å². The number of benzene rings is 1. The van der Waals surface area contributed by atoms with E-state index in [2.05, 4.69) is 53.6 Å². The van der Waals surface area contributed by atoms with Gasteiger partial charge in [-0.15, -0.1) is 11.3 Å². The molecule has 23 heavy (non-hydrogen) atoms. The molecule has 5 heteroatoms. The molecule has 3 aromatic rings. The number of amides is 1. The standard InChI is InChI=1S/C18H17N3OS/c1-10(2)11-5-7-12(8-6-11)15-14-16(13-4-3-9-23-13)20-21-17(14)18(22)19-15/h3-10,15H,1-2H3,(H,19,22)(H,20,21)/t15-/m0/s1. The van der Waals surface area contributed by atoms with Crippen molar-refractivity contribution in [2.45, 2.75) is 25.8 Å². The second-order valence-corrected chi connectivity index (χ2v) is 7.01. The smallest absolute Gasteiger partial charge is 0.272 e. The van der Waals surface area contributed by atoms with Gasteiger partial charge < -0.3 is 5.32 Å². The Bertz CT molecular complexity index is 847. The van der Waals surface area contributed by atoms with Gasteiger partial charge in [-0.05, 0) is 28.5 Å². The van der Waals surface area contributed by atoms with E-state index in [4.69, 9.17) is 0 Å². The zero-order valence-electron chi connectivity index (χ0n) is 13.0. The molecule has 2 N–H and O–H groups in total. The Labute approximate surface area is 138 Å². The van der Waals surface area contributed by atoms with Gasteiger partial charge in [-0.3, -0.25) is 9.89 Å². The van der Waals surface area contributed by atoms with Crippen LogP contribution < -0.4 is 5.32 Å². The van der Waals surface area contributed by atoms with E-state index in [9.17, 15) is 4.79 Å². The Morgan fingerprint density at radius 2 is 1.96 bits per heavy atom. The van der Waals surface area contributed by atoms with E-state index >= 15 is 0 Å². The van der Waals surface area contributed by atoms with Crippen molar-refractivity contribution in [1.29, 1.82) is 0 Å². The molecule has 4 nitrogen and oxygen atoms in total. The first-order chi connectivity index (χ1) is 11.1. The van der Waals surface area contributed by atoms with E-state index in [1.165, 1.54) is 5.56 Å². The Balaban J connectivity index is 1.79. The predicted octanol–water partition coefficient (Wildman–Crippen LogP) is 4.09. The average molecular weight is 323 g/mol. The van der Waals surface area contributed by atoms with Crippen molar-refractivity contribution < 1.29 is 4.79 Å². The van der Waals surface area contributed by atoms with Crippen molar-refractivity contribution >= 4 is 17.2 Å². The summed E-state index contributed by atoms with van der Waals surface area (Å²) < 4.78 is 0. The summed E-state index contributed by atoms with van der Waals surface area (Å²) in [5.41, 5.74) is 4.78. The van der Waals surface area contributed by atoms with Crippen molar-refractivity contribution in [3.8, 4) is 10.6 Å². The lowest BCUT2D eigenvalue weighted by atomic mass is 9.95. The molecular weight excluding hydrogens is 306 g/mol. The van der Waals surface area contributed by atoms with Crippen molar-refractivity contribution in [2.24, 2.45) is 0 Å². The van der Waals surface area contributed by atoms with Crippen molar-refractivity contribution in [1.82, 2.24) is 15.5 Å². The minimum Gasteiger partial charge on any atom is -0.340 e. The highest BCUT2D eigenvalue weighted by Gasteiger charge is 2.35. The molecule has 0 saturated carbocycles. The average Bonchev–Trinajstić information content (AvgIpc) is 3.25. The molecule has 0 aliphatic carbocycles. The van der Waals surface area contributed by atoms with Gasteiger partial charge in [0.05, 0.1) is 16.6 Å². The maximum atomic E-state index is 12.2. The van der Waals surface area contributed by atoms with E-state index < -0.39 is 0 Å². The second kappa shape index (κ2) is 5.35. The molecule has 116 valence electrons. The molecule has 3 heterocycles. The number of thiophene rings is 1. The Kier molecular flexibility index (Phi) is 3.31. The first-order valence-corrected chi connectivity index (χ1v) is 8.56. The summed E-state index contributed by atoms with van der Waals surface area (Å²) >= 11 is 1.64. The van der Waals surface area contributed by atoms with Crippen LogP contribution in [-0.2, 0) is 0 Å². The van der Waals surface area contributed by atoms with Gasteiger partial charge in [-0.2, -0.15) is 5.10 Å². The first-order valence-electron chi connectivity index (χ1n) is 7.68. The van der Waals surface area contributed by atoms with Gasteiger partial charge in [0.1, 0.15) is 0 Å². The number of rotatable bonds is 3. The Hall–Kier alpha value is -2.40. The molecule has 1 aliphatic rings. The monoisotopic (exact) mass is 323 g/mol. The number of nitrogens with one attached hydrogen (secondary N) is 2. The van der Waals surface area contributed by atoms with E-state index in [-0.39, 0.29) is 11.9 Å². The topological polar surface area (TPSA) is 57.8 Å². The molecule has 0 radical (unpaired) electrons. The maximum absolute atomic E-state index is 12.2. The zero-order chi connectivity index (χ0) is 16.0. The van der Waals surface area contributed by atoms with Gasteiger partial charge in [0.2, 0.25) is 0 Å². The van der Waals surface area contributed by atoms with E-state index in [1.807, 2.05) is 17.5 Å². The van der Waals surface area contributed by atoms with Gasteiger partial charge in [-0.1, -0.05) is 44.2 Å². The highest BCUT2D eigenvalue weighted by atomic mass is 32.1. The normalized spacial score (nSPS) is 16.7. The molecule has 0 fully saturated rings. The lowest BCUT2D eigenvalue weighted by Gasteiger charge is -2.14. The number of carbonyl (C=O) groups excluding carboxylic acids is 1. The molecule has 1 atom stereocenters. The molecule has 0 spiro atoms. The number of carbonyl (C=O) groups is 1. The van der Waals surface area contributed by atoms with E-state index in [0.29, 0.717) is 11.6 Å². The van der Waals surface area contributed by atoms with Crippen LogP contribution >= 0.6 is 11.3 Å². The largest absolute Gasteiger partial charge is 0.340 e. The number of nitrogens with zero attached hydrogens (tertiary/aromatic N) is 1. The minimum atomic E-state index is -0.144. The van der Waals surface area contributed by atoms with Crippen LogP contribution in [0.2, 0.25) is 0 Å². The first kappa shape index (κ1) is 14.2. The summed E-state index contributed by atoms with van der Waals surface area (Å²) in [7, 11) is 0. The van der Waals surface area contributed by atoms with Gasteiger partial charge >= 0.3 is 0 Å². The molecule has 4 rings (SSSR count). The van der Waals surface area contributed by atoms with Gasteiger partial charge in [0.25, 0.3) is 5.91 Å². The third kappa shape index (κ3) is 2.28. The molecule has 1 amide bonds. The quantitative estimate of drug-likeness (QED) is 0.762. The van der Waals surface area contributed by atoms with E-state index in [0.717, 1.165) is 21.7 Å². The van der Waals surface area contributed by atoms with Crippen LogP contribution in [0.5, 0.6) is 0 Å². The molecule has 0 saturated heterocycles. The van der Waals surface area contributed by atoms with Crippen LogP contribution in [0.15, 0.2) is 41.8 Å². The molecule has 1 aliphatic heterocycles. The summed E-state index contributed by atoms with van der Waals surface area (Å²) in [6.07, 6.45) is 0. The van der Waals surface area contributed by atoms with Crippen molar-refractivity contribution in [3.05, 3.63) is 64.2 Å². The number of aromatic amines is 1. The number of hydrogen-bond donors (Lipinski definition) is 2. The Morgan fingerprint density at radius 3 is 2.61 bits per heavy atom. The van der Waals surface area contributed by atoms with Gasteiger partial charge in [0.15, 0.2) is 5.69 Å². The third-order valence-electron chi connectivity index (χ3n) is 4.29. The highest BCUT2D eigenvalue weighted by molar-refractivity contribution is 7.13. The number of fused-ring (bicyclic) bond motifs is 1. The number of H-pyrrole nitrogens is 1. The number of aromatic nitrogens is 2. The lowest BCUT2D eigenvalue weighted by Crippen LogP contribution is -2.21. The van der Waals surface area contributed by atoms with Gasteiger partial charge in [0, 0.05) is 5.56 Å². The molecular formula is C18H17N3OS. The fourth-order valence-corrected chi connectivity index (χ4v) is 3.74. The second-order valence-electron chi connectivity index (χ2n) is 6.07.